The average molecular weight is 170 g/mol. The van der Waals surface area contributed by atoms with Crippen molar-refractivity contribution < 1.29 is 4.57 Å². The van der Waals surface area contributed by atoms with E-state index in [4.69, 9.17) is 6.42 Å². The molecule has 0 aromatic carbocycles. The highest BCUT2D eigenvalue weighted by atomic mass is 31.2. The van der Waals surface area contributed by atoms with Crippen molar-refractivity contribution in [2.45, 2.75) is 13.3 Å². The Morgan fingerprint density at radius 1 is 1.64 bits per heavy atom. The molecule has 1 fully saturated rings. The van der Waals surface area contributed by atoms with Gasteiger partial charge in [0.1, 0.15) is 0 Å². The van der Waals surface area contributed by atoms with Crippen molar-refractivity contribution in [3.8, 4) is 12.3 Å². The predicted octanol–water partition coefficient (Wildman–Crippen LogP) is 2.27. The summed E-state index contributed by atoms with van der Waals surface area (Å²) in [7, 11) is -1.79. The fourth-order valence-electron chi connectivity index (χ4n) is 1.77. The first-order valence-corrected chi connectivity index (χ1v) is 6.59. The lowest BCUT2D eigenvalue weighted by atomic mass is 9.94. The molecule has 1 saturated heterocycles. The first-order valence-electron chi connectivity index (χ1n) is 4.07. The number of hydrogen-bond acceptors (Lipinski definition) is 1. The van der Waals surface area contributed by atoms with Crippen molar-refractivity contribution in [1.29, 1.82) is 0 Å². The second-order valence-corrected chi connectivity index (χ2v) is 7.15. The standard InChI is InChI=1S/C9H15OP/c1-4-9-5-6-11(3,10)7-8(9)2/h1,8-9H,5-7H2,2-3H3. The zero-order valence-corrected chi connectivity index (χ0v) is 8.10. The quantitative estimate of drug-likeness (QED) is 0.402. The van der Waals surface area contributed by atoms with E-state index >= 15 is 0 Å². The Morgan fingerprint density at radius 2 is 2.27 bits per heavy atom. The summed E-state index contributed by atoms with van der Waals surface area (Å²) in [5.74, 6) is 3.61. The lowest BCUT2D eigenvalue weighted by Crippen LogP contribution is -2.21. The van der Waals surface area contributed by atoms with E-state index in [9.17, 15) is 4.57 Å². The van der Waals surface area contributed by atoms with Crippen LogP contribution in [0.15, 0.2) is 0 Å². The van der Waals surface area contributed by atoms with E-state index in [2.05, 4.69) is 12.8 Å². The van der Waals surface area contributed by atoms with E-state index in [1.807, 2.05) is 6.66 Å². The minimum atomic E-state index is -1.79. The highest BCUT2D eigenvalue weighted by molar-refractivity contribution is 7.63. The fraction of sp³-hybridized carbons (Fsp3) is 0.778. The summed E-state index contributed by atoms with van der Waals surface area (Å²) in [4.78, 5) is 0. The van der Waals surface area contributed by atoms with Gasteiger partial charge in [-0.2, -0.15) is 0 Å². The van der Waals surface area contributed by atoms with Crippen molar-refractivity contribution in [2.24, 2.45) is 11.8 Å². The van der Waals surface area contributed by atoms with Gasteiger partial charge in [-0.1, -0.05) is 6.92 Å². The smallest absolute Gasteiger partial charge is 0.0852 e. The highest BCUT2D eigenvalue weighted by Crippen LogP contribution is 2.49. The van der Waals surface area contributed by atoms with Crippen molar-refractivity contribution in [2.75, 3.05) is 19.0 Å². The van der Waals surface area contributed by atoms with Gasteiger partial charge >= 0.3 is 0 Å². The largest absolute Gasteiger partial charge is 0.324 e. The zero-order valence-electron chi connectivity index (χ0n) is 7.21. The summed E-state index contributed by atoms with van der Waals surface area (Å²) >= 11 is 0. The molecule has 0 aromatic rings. The molecule has 62 valence electrons. The van der Waals surface area contributed by atoms with Gasteiger partial charge in [0.15, 0.2) is 0 Å². The maximum Gasteiger partial charge on any atom is 0.0852 e. The molecule has 0 N–H and O–H groups in total. The van der Waals surface area contributed by atoms with Crippen LogP contribution < -0.4 is 0 Å². The summed E-state index contributed by atoms with van der Waals surface area (Å²) in [6, 6.07) is 0. The molecule has 0 amide bonds. The van der Waals surface area contributed by atoms with E-state index in [-0.39, 0.29) is 0 Å². The topological polar surface area (TPSA) is 17.1 Å². The normalized spacial score (nSPS) is 44.8. The molecule has 0 aromatic heterocycles. The van der Waals surface area contributed by atoms with Crippen LogP contribution in [0.4, 0.5) is 0 Å². The van der Waals surface area contributed by atoms with Gasteiger partial charge in [-0.25, -0.2) is 0 Å². The van der Waals surface area contributed by atoms with Crippen LogP contribution in [0.25, 0.3) is 0 Å². The maximum atomic E-state index is 11.6. The molecular weight excluding hydrogens is 155 g/mol. The highest BCUT2D eigenvalue weighted by Gasteiger charge is 2.30. The molecule has 1 rings (SSSR count). The van der Waals surface area contributed by atoms with Crippen LogP contribution in [0, 0.1) is 24.2 Å². The van der Waals surface area contributed by atoms with Gasteiger partial charge in [-0.05, 0) is 19.0 Å². The molecule has 1 heterocycles. The molecule has 3 atom stereocenters. The van der Waals surface area contributed by atoms with Crippen LogP contribution in [0.1, 0.15) is 13.3 Å². The third-order valence-corrected chi connectivity index (χ3v) is 5.04. The number of rotatable bonds is 0. The van der Waals surface area contributed by atoms with Gasteiger partial charge in [0.05, 0.1) is 7.14 Å². The molecule has 0 bridgehead atoms. The zero-order chi connectivity index (χ0) is 8.48. The van der Waals surface area contributed by atoms with Crippen LogP contribution in [0.5, 0.6) is 0 Å². The van der Waals surface area contributed by atoms with Crippen molar-refractivity contribution >= 4 is 7.14 Å². The SMILES string of the molecule is C#CC1CCP(C)(=O)CC1C. The minimum Gasteiger partial charge on any atom is -0.324 e. The summed E-state index contributed by atoms with van der Waals surface area (Å²) in [5, 5.41) is 0. The second-order valence-electron chi connectivity index (χ2n) is 3.74. The monoisotopic (exact) mass is 170 g/mol. The fourth-order valence-corrected chi connectivity index (χ4v) is 4.25. The number of hydrogen-bond donors (Lipinski definition) is 0. The van der Waals surface area contributed by atoms with E-state index in [1.54, 1.807) is 0 Å². The van der Waals surface area contributed by atoms with E-state index in [0.29, 0.717) is 11.8 Å². The molecule has 1 nitrogen and oxygen atoms in total. The summed E-state index contributed by atoms with van der Waals surface area (Å²) in [5.41, 5.74) is 0. The predicted molar refractivity (Wildman–Crippen MR) is 49.4 cm³/mol. The van der Waals surface area contributed by atoms with Gasteiger partial charge < -0.3 is 4.57 Å². The summed E-state index contributed by atoms with van der Waals surface area (Å²) < 4.78 is 11.6. The van der Waals surface area contributed by atoms with Crippen molar-refractivity contribution in [3.05, 3.63) is 0 Å². The van der Waals surface area contributed by atoms with Gasteiger partial charge in [0.2, 0.25) is 0 Å². The lowest BCUT2D eigenvalue weighted by molar-refractivity contribution is 0.440. The molecule has 1 aliphatic heterocycles. The Hall–Kier alpha value is -0.210. The molecule has 3 unspecified atom stereocenters. The molecule has 2 heteroatoms. The molecule has 11 heavy (non-hydrogen) atoms. The molecule has 1 aliphatic rings. The van der Waals surface area contributed by atoms with Gasteiger partial charge in [-0.3, -0.25) is 0 Å². The Kier molecular flexibility index (Phi) is 2.45. The molecular formula is C9H15OP. The molecule has 0 spiro atoms. The third-order valence-electron chi connectivity index (χ3n) is 2.49. The van der Waals surface area contributed by atoms with Crippen LogP contribution in [0.2, 0.25) is 0 Å². The van der Waals surface area contributed by atoms with E-state index in [0.717, 1.165) is 18.7 Å². The number of terminal acetylenes is 1. The van der Waals surface area contributed by atoms with Crippen molar-refractivity contribution in [1.82, 2.24) is 0 Å². The average Bonchev–Trinajstić information content (AvgIpc) is 1.86. The maximum absolute atomic E-state index is 11.6. The van der Waals surface area contributed by atoms with Crippen LogP contribution in [-0.2, 0) is 4.57 Å². The molecule has 0 saturated carbocycles. The van der Waals surface area contributed by atoms with Gasteiger partial charge in [-0.15, -0.1) is 12.3 Å². The first kappa shape index (κ1) is 8.88. The van der Waals surface area contributed by atoms with Crippen LogP contribution in [0.3, 0.4) is 0 Å². The lowest BCUT2D eigenvalue weighted by Gasteiger charge is -2.29. The molecule has 0 radical (unpaired) electrons. The minimum absolute atomic E-state index is 0.372. The Morgan fingerprint density at radius 3 is 2.73 bits per heavy atom. The van der Waals surface area contributed by atoms with E-state index < -0.39 is 7.14 Å². The Labute approximate surface area is 68.9 Å². The molecule has 0 aliphatic carbocycles. The summed E-state index contributed by atoms with van der Waals surface area (Å²) in [6.07, 6.45) is 8.01. The summed E-state index contributed by atoms with van der Waals surface area (Å²) in [6.45, 7) is 4.01. The van der Waals surface area contributed by atoms with E-state index in [1.165, 1.54) is 0 Å². The second kappa shape index (κ2) is 3.03. The first-order chi connectivity index (χ1) is 5.05. The Balaban J connectivity index is 2.64. The van der Waals surface area contributed by atoms with Crippen LogP contribution >= 0.6 is 7.14 Å². The third kappa shape index (κ3) is 2.11. The van der Waals surface area contributed by atoms with Crippen LogP contribution in [-0.4, -0.2) is 19.0 Å². The van der Waals surface area contributed by atoms with Gasteiger partial charge in [0, 0.05) is 18.2 Å². The Bertz CT molecular complexity index is 226. The van der Waals surface area contributed by atoms with Gasteiger partial charge in [0.25, 0.3) is 0 Å². The van der Waals surface area contributed by atoms with Crippen molar-refractivity contribution in [3.63, 3.8) is 0 Å².